The Kier molecular flexibility index (Phi) is 3.96. The number of nitrogens with one attached hydrogen (secondary N) is 2. The fourth-order valence-corrected chi connectivity index (χ4v) is 2.28. The highest BCUT2D eigenvalue weighted by molar-refractivity contribution is 5.96. The van der Waals surface area contributed by atoms with Gasteiger partial charge in [-0.15, -0.1) is 0 Å². The number of pyridine rings is 2. The molecule has 22 heavy (non-hydrogen) atoms. The minimum Gasteiger partial charge on any atom is -0.350 e. The van der Waals surface area contributed by atoms with E-state index in [2.05, 4.69) is 15.3 Å². The molecule has 1 aromatic carbocycles. The number of fused-ring (bicyclic) bond motifs is 1. The highest BCUT2D eigenvalue weighted by atomic mass is 16.2. The maximum absolute atomic E-state index is 12.1. The summed E-state index contributed by atoms with van der Waals surface area (Å²) in [5.74, 6) is -0.293. The molecule has 2 heterocycles. The standard InChI is InChI=1S/C17H15N3O2/c21-16-14-7-2-1-5-12(14)11-15(20-16)17(22)19-10-8-13-6-3-4-9-18-13/h1-7,9,11H,8,10H2,(H,19,22)(H,20,21). The number of carbonyl (C=O) groups excluding carboxylic acids is 1. The summed E-state index contributed by atoms with van der Waals surface area (Å²) in [6, 6.07) is 14.5. The fraction of sp³-hybridized carbons (Fsp3) is 0.118. The number of aromatic nitrogens is 2. The van der Waals surface area contributed by atoms with E-state index in [0.29, 0.717) is 18.4 Å². The van der Waals surface area contributed by atoms with Crippen molar-refractivity contribution in [3.63, 3.8) is 0 Å². The average molecular weight is 293 g/mol. The Balaban J connectivity index is 1.71. The summed E-state index contributed by atoms with van der Waals surface area (Å²) in [4.78, 5) is 30.9. The van der Waals surface area contributed by atoms with E-state index in [1.165, 1.54) is 0 Å². The number of nitrogens with zero attached hydrogens (tertiary/aromatic N) is 1. The van der Waals surface area contributed by atoms with E-state index in [0.717, 1.165) is 11.1 Å². The minimum atomic E-state index is -0.293. The monoisotopic (exact) mass is 293 g/mol. The lowest BCUT2D eigenvalue weighted by molar-refractivity contribution is 0.0949. The van der Waals surface area contributed by atoms with Gasteiger partial charge >= 0.3 is 0 Å². The lowest BCUT2D eigenvalue weighted by Crippen LogP contribution is -2.28. The van der Waals surface area contributed by atoms with Crippen LogP contribution in [0.3, 0.4) is 0 Å². The Labute approximate surface area is 127 Å². The maximum Gasteiger partial charge on any atom is 0.267 e. The van der Waals surface area contributed by atoms with Crippen molar-refractivity contribution < 1.29 is 4.79 Å². The summed E-state index contributed by atoms with van der Waals surface area (Å²) < 4.78 is 0. The van der Waals surface area contributed by atoms with E-state index >= 15 is 0 Å². The molecule has 0 aliphatic heterocycles. The number of hydrogen-bond donors (Lipinski definition) is 2. The molecule has 2 aromatic heterocycles. The minimum absolute atomic E-state index is 0.257. The van der Waals surface area contributed by atoms with Crippen molar-refractivity contribution in [2.45, 2.75) is 6.42 Å². The molecule has 0 bridgehead atoms. The van der Waals surface area contributed by atoms with Crippen molar-refractivity contribution in [1.29, 1.82) is 0 Å². The van der Waals surface area contributed by atoms with E-state index in [1.807, 2.05) is 30.3 Å². The second-order valence-electron chi connectivity index (χ2n) is 4.93. The number of amides is 1. The van der Waals surface area contributed by atoms with Gasteiger partial charge < -0.3 is 10.3 Å². The van der Waals surface area contributed by atoms with Gasteiger partial charge in [0, 0.05) is 30.2 Å². The van der Waals surface area contributed by atoms with Gasteiger partial charge in [-0.05, 0) is 29.7 Å². The van der Waals surface area contributed by atoms with Gasteiger partial charge in [0.15, 0.2) is 0 Å². The lowest BCUT2D eigenvalue weighted by Gasteiger charge is -2.06. The maximum atomic E-state index is 12.1. The molecule has 1 amide bonds. The van der Waals surface area contributed by atoms with Gasteiger partial charge in [0.1, 0.15) is 5.69 Å². The number of aromatic amines is 1. The zero-order valence-corrected chi connectivity index (χ0v) is 11.9. The van der Waals surface area contributed by atoms with Crippen LogP contribution in [0.2, 0.25) is 0 Å². The number of rotatable bonds is 4. The lowest BCUT2D eigenvalue weighted by atomic mass is 10.1. The Morgan fingerprint density at radius 2 is 1.95 bits per heavy atom. The van der Waals surface area contributed by atoms with Gasteiger partial charge in [0.25, 0.3) is 11.5 Å². The first kappa shape index (κ1) is 14.0. The second kappa shape index (κ2) is 6.22. The Hall–Kier alpha value is -2.95. The van der Waals surface area contributed by atoms with E-state index < -0.39 is 0 Å². The van der Waals surface area contributed by atoms with E-state index in [9.17, 15) is 9.59 Å². The molecule has 0 aliphatic carbocycles. The Bertz CT molecular complexity index is 856. The topological polar surface area (TPSA) is 74.8 Å². The second-order valence-corrected chi connectivity index (χ2v) is 4.93. The fourth-order valence-electron chi connectivity index (χ4n) is 2.28. The van der Waals surface area contributed by atoms with Gasteiger partial charge in [-0.25, -0.2) is 0 Å². The van der Waals surface area contributed by atoms with Crippen molar-refractivity contribution >= 4 is 16.7 Å². The van der Waals surface area contributed by atoms with Crippen LogP contribution in [0.25, 0.3) is 10.8 Å². The van der Waals surface area contributed by atoms with Crippen LogP contribution in [0, 0.1) is 0 Å². The van der Waals surface area contributed by atoms with Gasteiger partial charge in [-0.2, -0.15) is 0 Å². The number of benzene rings is 1. The molecule has 0 radical (unpaired) electrons. The van der Waals surface area contributed by atoms with Crippen molar-refractivity contribution in [3.05, 3.63) is 76.5 Å². The summed E-state index contributed by atoms with van der Waals surface area (Å²) in [6.45, 7) is 0.463. The molecule has 0 saturated heterocycles. The molecule has 5 heteroatoms. The highest BCUT2D eigenvalue weighted by Gasteiger charge is 2.08. The molecule has 2 N–H and O–H groups in total. The molecule has 0 spiro atoms. The van der Waals surface area contributed by atoms with E-state index in [-0.39, 0.29) is 17.2 Å². The molecule has 3 aromatic rings. The number of H-pyrrole nitrogens is 1. The summed E-state index contributed by atoms with van der Waals surface area (Å²) in [7, 11) is 0. The molecule has 0 atom stereocenters. The first-order chi connectivity index (χ1) is 10.7. The normalized spacial score (nSPS) is 10.5. The molecule has 0 saturated carbocycles. The van der Waals surface area contributed by atoms with Crippen LogP contribution >= 0.6 is 0 Å². The molecule has 0 aliphatic rings. The largest absolute Gasteiger partial charge is 0.350 e. The van der Waals surface area contributed by atoms with Gasteiger partial charge in [-0.3, -0.25) is 14.6 Å². The molecule has 0 unspecified atom stereocenters. The van der Waals surface area contributed by atoms with E-state index in [4.69, 9.17) is 0 Å². The first-order valence-corrected chi connectivity index (χ1v) is 7.04. The quantitative estimate of drug-likeness (QED) is 0.771. The summed E-state index contributed by atoms with van der Waals surface area (Å²) >= 11 is 0. The van der Waals surface area contributed by atoms with Gasteiger partial charge in [0.05, 0.1) is 0 Å². The predicted molar refractivity (Wildman–Crippen MR) is 84.8 cm³/mol. The zero-order chi connectivity index (χ0) is 15.4. The molecular weight excluding hydrogens is 278 g/mol. The van der Waals surface area contributed by atoms with Crippen LogP contribution < -0.4 is 10.9 Å². The van der Waals surface area contributed by atoms with Gasteiger partial charge in [-0.1, -0.05) is 24.3 Å². The Morgan fingerprint density at radius 1 is 1.14 bits per heavy atom. The predicted octanol–water partition coefficient (Wildman–Crippen LogP) is 1.90. The SMILES string of the molecule is O=C(NCCc1ccccn1)c1cc2ccccc2c(=O)[nH]1. The first-order valence-electron chi connectivity index (χ1n) is 7.04. The average Bonchev–Trinajstić information content (AvgIpc) is 2.56. The van der Waals surface area contributed by atoms with Crippen LogP contribution in [0.1, 0.15) is 16.2 Å². The van der Waals surface area contributed by atoms with Crippen LogP contribution in [-0.4, -0.2) is 22.4 Å². The zero-order valence-electron chi connectivity index (χ0n) is 11.9. The molecule has 3 rings (SSSR count). The van der Waals surface area contributed by atoms with E-state index in [1.54, 1.807) is 24.4 Å². The van der Waals surface area contributed by atoms with Gasteiger partial charge in [0.2, 0.25) is 0 Å². The molecular formula is C17H15N3O2. The van der Waals surface area contributed by atoms with Crippen LogP contribution in [0.5, 0.6) is 0 Å². The van der Waals surface area contributed by atoms with Crippen LogP contribution in [0.15, 0.2) is 59.5 Å². The highest BCUT2D eigenvalue weighted by Crippen LogP contribution is 2.09. The van der Waals surface area contributed by atoms with Crippen molar-refractivity contribution in [2.24, 2.45) is 0 Å². The number of hydrogen-bond acceptors (Lipinski definition) is 3. The molecule has 0 fully saturated rings. The molecule has 5 nitrogen and oxygen atoms in total. The third kappa shape index (κ3) is 3.03. The summed E-state index contributed by atoms with van der Waals surface area (Å²) in [6.07, 6.45) is 2.36. The van der Waals surface area contributed by atoms with Crippen molar-refractivity contribution in [2.75, 3.05) is 6.54 Å². The van der Waals surface area contributed by atoms with Crippen molar-refractivity contribution in [1.82, 2.24) is 15.3 Å². The Morgan fingerprint density at radius 3 is 2.77 bits per heavy atom. The third-order valence-electron chi connectivity index (χ3n) is 3.39. The molecule has 110 valence electrons. The summed E-state index contributed by atoms with van der Waals surface area (Å²) in [5, 5.41) is 4.12. The van der Waals surface area contributed by atoms with Crippen LogP contribution in [0.4, 0.5) is 0 Å². The smallest absolute Gasteiger partial charge is 0.267 e. The number of carbonyl (C=O) groups is 1. The van der Waals surface area contributed by atoms with Crippen LogP contribution in [-0.2, 0) is 6.42 Å². The van der Waals surface area contributed by atoms with Crippen molar-refractivity contribution in [3.8, 4) is 0 Å². The summed E-state index contributed by atoms with van der Waals surface area (Å²) in [5.41, 5.74) is 0.924. The third-order valence-corrected chi connectivity index (χ3v) is 3.39.